The van der Waals surface area contributed by atoms with Crippen molar-refractivity contribution in [2.75, 3.05) is 18.5 Å². The molecule has 0 aromatic heterocycles. The molecule has 1 aliphatic rings. The minimum Gasteiger partial charge on any atom is -0.508 e. The summed E-state index contributed by atoms with van der Waals surface area (Å²) in [6.07, 6.45) is 1.02. The topological polar surface area (TPSA) is 84.6 Å². The number of amides is 1. The van der Waals surface area contributed by atoms with E-state index in [1.807, 2.05) is 0 Å². The Morgan fingerprint density at radius 2 is 2.12 bits per heavy atom. The third-order valence-electron chi connectivity index (χ3n) is 2.94. The molecule has 17 heavy (non-hydrogen) atoms. The standard InChI is InChI=1S/C12H16N2O3/c13-12(4-6-17-7-5-12)11(16)14-9-2-1-3-10(15)8-9/h1-3,8,15H,4-7,13H2,(H,14,16). The number of carbonyl (C=O) groups is 1. The van der Waals surface area contributed by atoms with Gasteiger partial charge in [-0.3, -0.25) is 4.79 Å². The predicted molar refractivity (Wildman–Crippen MR) is 63.7 cm³/mol. The highest BCUT2D eigenvalue weighted by Gasteiger charge is 2.35. The Bertz CT molecular complexity index is 414. The van der Waals surface area contributed by atoms with Crippen LogP contribution in [0.15, 0.2) is 24.3 Å². The van der Waals surface area contributed by atoms with Crippen molar-refractivity contribution in [2.24, 2.45) is 5.73 Å². The lowest BCUT2D eigenvalue weighted by atomic mass is 9.90. The monoisotopic (exact) mass is 236 g/mol. The van der Waals surface area contributed by atoms with E-state index in [2.05, 4.69) is 5.32 Å². The summed E-state index contributed by atoms with van der Waals surface area (Å²) in [7, 11) is 0. The van der Waals surface area contributed by atoms with Gasteiger partial charge in [0, 0.05) is 25.0 Å². The summed E-state index contributed by atoms with van der Waals surface area (Å²) in [6.45, 7) is 1.01. The number of phenols is 1. The van der Waals surface area contributed by atoms with E-state index in [9.17, 15) is 9.90 Å². The number of nitrogens with two attached hydrogens (primary N) is 1. The first-order valence-corrected chi connectivity index (χ1v) is 5.57. The number of phenolic OH excluding ortho intramolecular Hbond substituents is 1. The Morgan fingerprint density at radius 1 is 1.41 bits per heavy atom. The third kappa shape index (κ3) is 2.75. The van der Waals surface area contributed by atoms with Crippen LogP contribution in [0, 0.1) is 0 Å². The smallest absolute Gasteiger partial charge is 0.244 e. The molecular formula is C12H16N2O3. The van der Waals surface area contributed by atoms with Gasteiger partial charge in [0.05, 0.1) is 0 Å². The van der Waals surface area contributed by atoms with Crippen LogP contribution in [0.25, 0.3) is 0 Å². The summed E-state index contributed by atoms with van der Waals surface area (Å²) < 4.78 is 5.18. The molecule has 1 aliphatic heterocycles. The van der Waals surface area contributed by atoms with Crippen molar-refractivity contribution in [3.8, 4) is 5.75 Å². The molecule has 0 radical (unpaired) electrons. The molecule has 0 aliphatic carbocycles. The maximum Gasteiger partial charge on any atom is 0.244 e. The van der Waals surface area contributed by atoms with Crippen molar-refractivity contribution in [1.82, 2.24) is 0 Å². The molecule has 1 aromatic rings. The Morgan fingerprint density at radius 3 is 2.76 bits per heavy atom. The van der Waals surface area contributed by atoms with Gasteiger partial charge in [-0.2, -0.15) is 0 Å². The van der Waals surface area contributed by atoms with Crippen molar-refractivity contribution >= 4 is 11.6 Å². The molecule has 92 valence electrons. The second kappa shape index (κ2) is 4.73. The van der Waals surface area contributed by atoms with Crippen LogP contribution >= 0.6 is 0 Å². The van der Waals surface area contributed by atoms with Crippen LogP contribution in [0.1, 0.15) is 12.8 Å². The molecule has 0 unspecified atom stereocenters. The number of hydrogen-bond acceptors (Lipinski definition) is 4. The Kier molecular flexibility index (Phi) is 3.31. The summed E-state index contributed by atoms with van der Waals surface area (Å²) in [4.78, 5) is 12.0. The highest BCUT2D eigenvalue weighted by molar-refractivity contribution is 5.98. The van der Waals surface area contributed by atoms with Gasteiger partial charge < -0.3 is 20.9 Å². The van der Waals surface area contributed by atoms with E-state index in [-0.39, 0.29) is 11.7 Å². The molecule has 1 saturated heterocycles. The van der Waals surface area contributed by atoms with Gasteiger partial charge in [-0.1, -0.05) is 6.07 Å². The SMILES string of the molecule is NC1(C(=O)Nc2cccc(O)c2)CCOCC1. The quantitative estimate of drug-likeness (QED) is 0.710. The fourth-order valence-corrected chi connectivity index (χ4v) is 1.80. The Balaban J connectivity index is 2.05. The molecule has 1 heterocycles. The summed E-state index contributed by atoms with van der Waals surface area (Å²) >= 11 is 0. The summed E-state index contributed by atoms with van der Waals surface area (Å²) in [6, 6.07) is 6.40. The Hall–Kier alpha value is -1.59. The number of ether oxygens (including phenoxy) is 1. The maximum absolute atomic E-state index is 12.0. The van der Waals surface area contributed by atoms with Gasteiger partial charge in [0.15, 0.2) is 0 Å². The van der Waals surface area contributed by atoms with Crippen LogP contribution in [-0.2, 0) is 9.53 Å². The molecule has 0 bridgehead atoms. The van der Waals surface area contributed by atoms with Crippen LogP contribution in [0.5, 0.6) is 5.75 Å². The lowest BCUT2D eigenvalue weighted by molar-refractivity contribution is -0.124. The minimum absolute atomic E-state index is 0.112. The highest BCUT2D eigenvalue weighted by atomic mass is 16.5. The fourth-order valence-electron chi connectivity index (χ4n) is 1.80. The van der Waals surface area contributed by atoms with Gasteiger partial charge in [-0.25, -0.2) is 0 Å². The van der Waals surface area contributed by atoms with Crippen LogP contribution in [0.3, 0.4) is 0 Å². The molecule has 5 heteroatoms. The largest absolute Gasteiger partial charge is 0.508 e. The second-order valence-corrected chi connectivity index (χ2v) is 4.27. The number of anilines is 1. The van der Waals surface area contributed by atoms with E-state index in [1.165, 1.54) is 6.07 Å². The van der Waals surface area contributed by atoms with Gasteiger partial charge in [0.1, 0.15) is 11.3 Å². The van der Waals surface area contributed by atoms with Crippen LogP contribution in [0.2, 0.25) is 0 Å². The number of aromatic hydroxyl groups is 1. The first kappa shape index (κ1) is 11.9. The summed E-state index contributed by atoms with van der Waals surface area (Å²) in [5, 5.41) is 12.0. The average molecular weight is 236 g/mol. The molecular weight excluding hydrogens is 220 g/mol. The highest BCUT2D eigenvalue weighted by Crippen LogP contribution is 2.21. The van der Waals surface area contributed by atoms with Gasteiger partial charge in [0.2, 0.25) is 5.91 Å². The Labute approximate surface area is 99.6 Å². The molecule has 0 atom stereocenters. The van der Waals surface area contributed by atoms with E-state index in [0.29, 0.717) is 31.7 Å². The molecule has 1 aromatic carbocycles. The van der Waals surface area contributed by atoms with Gasteiger partial charge in [-0.05, 0) is 25.0 Å². The zero-order valence-corrected chi connectivity index (χ0v) is 9.48. The molecule has 1 fully saturated rings. The first-order valence-electron chi connectivity index (χ1n) is 5.57. The number of rotatable bonds is 2. The number of carbonyl (C=O) groups excluding carboxylic acids is 1. The number of hydrogen-bond donors (Lipinski definition) is 3. The van der Waals surface area contributed by atoms with Crippen molar-refractivity contribution in [1.29, 1.82) is 0 Å². The van der Waals surface area contributed by atoms with E-state index in [0.717, 1.165) is 0 Å². The molecule has 4 N–H and O–H groups in total. The molecule has 0 saturated carbocycles. The molecule has 0 spiro atoms. The van der Waals surface area contributed by atoms with Crippen LogP contribution < -0.4 is 11.1 Å². The average Bonchev–Trinajstić information content (AvgIpc) is 2.30. The zero-order valence-electron chi connectivity index (χ0n) is 9.48. The fraction of sp³-hybridized carbons (Fsp3) is 0.417. The predicted octanol–water partition coefficient (Wildman–Crippen LogP) is 0.839. The van der Waals surface area contributed by atoms with Crippen molar-refractivity contribution in [2.45, 2.75) is 18.4 Å². The summed E-state index contributed by atoms with van der Waals surface area (Å²) in [5.41, 5.74) is 5.71. The number of benzene rings is 1. The van der Waals surface area contributed by atoms with Gasteiger partial charge >= 0.3 is 0 Å². The van der Waals surface area contributed by atoms with E-state index in [1.54, 1.807) is 18.2 Å². The van der Waals surface area contributed by atoms with Crippen molar-refractivity contribution in [3.05, 3.63) is 24.3 Å². The lowest BCUT2D eigenvalue weighted by Crippen LogP contribution is -2.54. The van der Waals surface area contributed by atoms with E-state index < -0.39 is 5.54 Å². The molecule has 2 rings (SSSR count). The van der Waals surface area contributed by atoms with Gasteiger partial charge in [0.25, 0.3) is 0 Å². The van der Waals surface area contributed by atoms with Gasteiger partial charge in [-0.15, -0.1) is 0 Å². The minimum atomic E-state index is -0.871. The second-order valence-electron chi connectivity index (χ2n) is 4.27. The number of nitrogens with one attached hydrogen (secondary N) is 1. The van der Waals surface area contributed by atoms with Crippen LogP contribution in [-0.4, -0.2) is 29.8 Å². The van der Waals surface area contributed by atoms with E-state index >= 15 is 0 Å². The normalized spacial score (nSPS) is 18.6. The van der Waals surface area contributed by atoms with E-state index in [4.69, 9.17) is 10.5 Å². The van der Waals surface area contributed by atoms with Crippen LogP contribution in [0.4, 0.5) is 5.69 Å². The zero-order chi connectivity index (χ0) is 12.3. The van der Waals surface area contributed by atoms with Crippen molar-refractivity contribution in [3.63, 3.8) is 0 Å². The van der Waals surface area contributed by atoms with Crippen molar-refractivity contribution < 1.29 is 14.6 Å². The lowest BCUT2D eigenvalue weighted by Gasteiger charge is -2.31. The molecule has 1 amide bonds. The third-order valence-corrected chi connectivity index (χ3v) is 2.94. The maximum atomic E-state index is 12.0. The molecule has 5 nitrogen and oxygen atoms in total. The first-order chi connectivity index (χ1) is 8.10. The summed E-state index contributed by atoms with van der Waals surface area (Å²) in [5.74, 6) is -0.118.